The number of hydrogen-bond acceptors (Lipinski definition) is 2. The molecule has 0 spiro atoms. The van der Waals surface area contributed by atoms with E-state index in [4.69, 9.17) is 4.74 Å². The Bertz CT molecular complexity index is 318. The Morgan fingerprint density at radius 2 is 2.00 bits per heavy atom. The van der Waals surface area contributed by atoms with Gasteiger partial charge in [-0.15, -0.1) is 0 Å². The molecular formula is C13H20O2. The van der Waals surface area contributed by atoms with Gasteiger partial charge in [-0.1, -0.05) is 24.6 Å². The van der Waals surface area contributed by atoms with Crippen LogP contribution in [0.5, 0.6) is 5.75 Å². The molecule has 1 aromatic rings. The van der Waals surface area contributed by atoms with Gasteiger partial charge in [0.15, 0.2) is 0 Å². The molecule has 1 rings (SSSR count). The lowest BCUT2D eigenvalue weighted by Crippen LogP contribution is -2.07. The second kappa shape index (κ2) is 5.17. The zero-order valence-corrected chi connectivity index (χ0v) is 9.95. The normalized spacial score (nSPS) is 14.7. The van der Waals surface area contributed by atoms with Gasteiger partial charge in [0.2, 0.25) is 0 Å². The van der Waals surface area contributed by atoms with Crippen LogP contribution in [-0.4, -0.2) is 18.3 Å². The minimum absolute atomic E-state index is 0.273. The molecule has 0 fully saturated rings. The summed E-state index contributed by atoms with van der Waals surface area (Å²) >= 11 is 0. The fourth-order valence-electron chi connectivity index (χ4n) is 1.88. The first-order chi connectivity index (χ1) is 7.04. The zero-order valence-electron chi connectivity index (χ0n) is 9.95. The van der Waals surface area contributed by atoms with Gasteiger partial charge in [0.1, 0.15) is 5.75 Å². The summed E-state index contributed by atoms with van der Waals surface area (Å²) in [6.07, 6.45) is 0.491. The van der Waals surface area contributed by atoms with Crippen molar-refractivity contribution in [3.8, 4) is 5.75 Å². The Morgan fingerprint density at radius 3 is 2.53 bits per heavy atom. The molecule has 0 aromatic heterocycles. The highest BCUT2D eigenvalue weighted by atomic mass is 16.5. The molecular weight excluding hydrogens is 188 g/mol. The summed E-state index contributed by atoms with van der Waals surface area (Å²) in [6, 6.07) is 6.16. The summed E-state index contributed by atoms with van der Waals surface area (Å²) in [7, 11) is 1.68. The minimum atomic E-state index is -0.273. The monoisotopic (exact) mass is 208 g/mol. The maximum Gasteiger partial charge on any atom is 0.122 e. The Labute approximate surface area is 91.9 Å². The van der Waals surface area contributed by atoms with Gasteiger partial charge in [-0.3, -0.25) is 0 Å². The highest BCUT2D eigenvalue weighted by Gasteiger charge is 2.13. The largest absolute Gasteiger partial charge is 0.496 e. The van der Waals surface area contributed by atoms with E-state index in [0.29, 0.717) is 5.92 Å². The van der Waals surface area contributed by atoms with Crippen LogP contribution in [-0.2, 0) is 0 Å². The SMILES string of the molecule is COc1ccc(C)cc1C(C)CC(C)O. The lowest BCUT2D eigenvalue weighted by molar-refractivity contribution is 0.176. The van der Waals surface area contributed by atoms with E-state index in [9.17, 15) is 5.11 Å². The number of benzene rings is 1. The zero-order chi connectivity index (χ0) is 11.4. The third-order valence-corrected chi connectivity index (χ3v) is 2.61. The molecule has 2 heteroatoms. The molecule has 0 radical (unpaired) electrons. The second-order valence-electron chi connectivity index (χ2n) is 4.23. The summed E-state index contributed by atoms with van der Waals surface area (Å²) in [5.74, 6) is 1.23. The molecule has 0 saturated heterocycles. The summed E-state index contributed by atoms with van der Waals surface area (Å²) < 4.78 is 5.32. The fourth-order valence-corrected chi connectivity index (χ4v) is 1.88. The van der Waals surface area contributed by atoms with Crippen LogP contribution in [0.2, 0.25) is 0 Å². The Kier molecular flexibility index (Phi) is 4.15. The van der Waals surface area contributed by atoms with Crippen molar-refractivity contribution in [3.63, 3.8) is 0 Å². The molecule has 0 saturated carbocycles. The fraction of sp³-hybridized carbons (Fsp3) is 0.538. The van der Waals surface area contributed by atoms with Gasteiger partial charge in [-0.25, -0.2) is 0 Å². The minimum Gasteiger partial charge on any atom is -0.496 e. The second-order valence-corrected chi connectivity index (χ2v) is 4.23. The van der Waals surface area contributed by atoms with Gasteiger partial charge in [-0.05, 0) is 37.8 Å². The summed E-state index contributed by atoms with van der Waals surface area (Å²) in [5.41, 5.74) is 2.40. The number of aliphatic hydroxyl groups is 1. The van der Waals surface area contributed by atoms with E-state index < -0.39 is 0 Å². The maximum absolute atomic E-state index is 9.38. The van der Waals surface area contributed by atoms with Crippen molar-refractivity contribution < 1.29 is 9.84 Å². The molecule has 2 nitrogen and oxygen atoms in total. The molecule has 1 N–H and O–H groups in total. The molecule has 0 aliphatic heterocycles. The predicted octanol–water partition coefficient (Wildman–Crippen LogP) is 2.88. The molecule has 0 bridgehead atoms. The van der Waals surface area contributed by atoms with Crippen LogP contribution in [0.1, 0.15) is 37.3 Å². The van der Waals surface area contributed by atoms with E-state index in [1.165, 1.54) is 11.1 Å². The van der Waals surface area contributed by atoms with Crippen LogP contribution in [0, 0.1) is 6.92 Å². The Balaban J connectivity index is 2.94. The first-order valence-corrected chi connectivity index (χ1v) is 5.37. The number of aryl methyl sites for hydroxylation is 1. The molecule has 2 atom stereocenters. The lowest BCUT2D eigenvalue weighted by atomic mass is 9.93. The third-order valence-electron chi connectivity index (χ3n) is 2.61. The third kappa shape index (κ3) is 3.24. The van der Waals surface area contributed by atoms with E-state index in [-0.39, 0.29) is 6.10 Å². The number of hydrogen-bond donors (Lipinski definition) is 1. The van der Waals surface area contributed by atoms with Crippen LogP contribution in [0.15, 0.2) is 18.2 Å². The van der Waals surface area contributed by atoms with Crippen LogP contribution in [0.25, 0.3) is 0 Å². The molecule has 1 aromatic carbocycles. The molecule has 0 aliphatic rings. The van der Waals surface area contributed by atoms with E-state index in [1.807, 2.05) is 19.1 Å². The standard InChI is InChI=1S/C13H20O2/c1-9-5-6-13(15-4)12(7-9)10(2)8-11(3)14/h5-7,10-11,14H,8H2,1-4H3. The number of ether oxygens (including phenoxy) is 1. The van der Waals surface area contributed by atoms with Crippen molar-refractivity contribution in [3.05, 3.63) is 29.3 Å². The van der Waals surface area contributed by atoms with Crippen molar-refractivity contribution >= 4 is 0 Å². The molecule has 15 heavy (non-hydrogen) atoms. The summed E-state index contributed by atoms with van der Waals surface area (Å²) in [6.45, 7) is 6.00. The first kappa shape index (κ1) is 12.1. The molecule has 84 valence electrons. The molecule has 0 heterocycles. The predicted molar refractivity (Wildman–Crippen MR) is 62.4 cm³/mol. The van der Waals surface area contributed by atoms with Crippen molar-refractivity contribution in [2.75, 3.05) is 7.11 Å². The quantitative estimate of drug-likeness (QED) is 0.824. The van der Waals surface area contributed by atoms with Crippen molar-refractivity contribution in [1.82, 2.24) is 0 Å². The van der Waals surface area contributed by atoms with Crippen LogP contribution in [0.3, 0.4) is 0 Å². The van der Waals surface area contributed by atoms with Crippen molar-refractivity contribution in [2.24, 2.45) is 0 Å². The van der Waals surface area contributed by atoms with Crippen LogP contribution >= 0.6 is 0 Å². The van der Waals surface area contributed by atoms with Crippen LogP contribution in [0.4, 0.5) is 0 Å². The average molecular weight is 208 g/mol. The lowest BCUT2D eigenvalue weighted by Gasteiger charge is -2.17. The van der Waals surface area contributed by atoms with Crippen molar-refractivity contribution in [1.29, 1.82) is 0 Å². The van der Waals surface area contributed by atoms with E-state index >= 15 is 0 Å². The van der Waals surface area contributed by atoms with Gasteiger partial charge in [0, 0.05) is 0 Å². The average Bonchev–Trinajstić information content (AvgIpc) is 2.16. The number of aliphatic hydroxyl groups excluding tert-OH is 1. The van der Waals surface area contributed by atoms with E-state index in [2.05, 4.69) is 19.9 Å². The van der Waals surface area contributed by atoms with Gasteiger partial charge < -0.3 is 9.84 Å². The van der Waals surface area contributed by atoms with Gasteiger partial charge in [0.05, 0.1) is 13.2 Å². The topological polar surface area (TPSA) is 29.5 Å². The molecule has 0 aliphatic carbocycles. The maximum atomic E-state index is 9.38. The number of rotatable bonds is 4. The molecule has 2 unspecified atom stereocenters. The van der Waals surface area contributed by atoms with Crippen molar-refractivity contribution in [2.45, 2.75) is 39.2 Å². The van der Waals surface area contributed by atoms with Gasteiger partial charge in [-0.2, -0.15) is 0 Å². The van der Waals surface area contributed by atoms with E-state index in [1.54, 1.807) is 7.11 Å². The van der Waals surface area contributed by atoms with Gasteiger partial charge >= 0.3 is 0 Å². The van der Waals surface area contributed by atoms with Gasteiger partial charge in [0.25, 0.3) is 0 Å². The Hall–Kier alpha value is -1.02. The number of methoxy groups -OCH3 is 1. The highest BCUT2D eigenvalue weighted by molar-refractivity contribution is 5.39. The summed E-state index contributed by atoms with van der Waals surface area (Å²) in [5, 5.41) is 9.38. The first-order valence-electron chi connectivity index (χ1n) is 5.37. The van der Waals surface area contributed by atoms with Crippen LogP contribution < -0.4 is 4.74 Å². The van der Waals surface area contributed by atoms with E-state index in [0.717, 1.165) is 12.2 Å². The molecule has 0 amide bonds. The smallest absolute Gasteiger partial charge is 0.122 e. The Morgan fingerprint density at radius 1 is 1.33 bits per heavy atom. The summed E-state index contributed by atoms with van der Waals surface area (Å²) in [4.78, 5) is 0. The highest BCUT2D eigenvalue weighted by Crippen LogP contribution is 2.30.